The Morgan fingerprint density at radius 1 is 1.30 bits per heavy atom. The topological polar surface area (TPSA) is 117 Å². The number of nitriles is 1. The molecular weight excluding hydrogens is 419 g/mol. The fourth-order valence-electron chi connectivity index (χ4n) is 4.10. The fourth-order valence-corrected chi connectivity index (χ4v) is 4.10. The number of allylic oxidation sites excluding steroid dienone is 1. The number of halogens is 1. The molecule has 1 fully saturated rings. The van der Waals surface area contributed by atoms with E-state index in [4.69, 9.17) is 5.73 Å². The van der Waals surface area contributed by atoms with Crippen molar-refractivity contribution in [2.24, 2.45) is 11.7 Å². The number of benzene rings is 1. The van der Waals surface area contributed by atoms with Gasteiger partial charge >= 0.3 is 0 Å². The molecule has 0 saturated heterocycles. The summed E-state index contributed by atoms with van der Waals surface area (Å²) in [6.07, 6.45) is 10.8. The molecule has 2 aromatic heterocycles. The molecular formula is C24H27FN8. The Morgan fingerprint density at radius 3 is 2.79 bits per heavy atom. The van der Waals surface area contributed by atoms with Crippen LogP contribution in [-0.2, 0) is 6.42 Å². The molecule has 0 atom stereocenters. The van der Waals surface area contributed by atoms with Crippen molar-refractivity contribution in [2.45, 2.75) is 38.1 Å². The highest BCUT2D eigenvalue weighted by atomic mass is 19.1. The van der Waals surface area contributed by atoms with Crippen molar-refractivity contribution in [3.8, 4) is 11.8 Å². The van der Waals surface area contributed by atoms with Gasteiger partial charge in [0.15, 0.2) is 0 Å². The van der Waals surface area contributed by atoms with Gasteiger partial charge in [-0.25, -0.2) is 14.4 Å². The summed E-state index contributed by atoms with van der Waals surface area (Å²) in [7, 11) is 0. The van der Waals surface area contributed by atoms with Gasteiger partial charge in [0.2, 0.25) is 5.95 Å². The molecule has 1 aliphatic rings. The van der Waals surface area contributed by atoms with Crippen molar-refractivity contribution in [1.29, 1.82) is 5.26 Å². The first-order valence-corrected chi connectivity index (χ1v) is 11.0. The Bertz CT molecular complexity index is 1140. The number of aromatic nitrogens is 4. The van der Waals surface area contributed by atoms with E-state index in [1.807, 2.05) is 6.07 Å². The van der Waals surface area contributed by atoms with Gasteiger partial charge in [-0.2, -0.15) is 10.2 Å². The lowest BCUT2D eigenvalue weighted by molar-refractivity contribution is 0.375. The van der Waals surface area contributed by atoms with Gasteiger partial charge in [-0.15, -0.1) is 0 Å². The van der Waals surface area contributed by atoms with Crippen LogP contribution in [0.2, 0.25) is 0 Å². The zero-order valence-electron chi connectivity index (χ0n) is 18.3. The summed E-state index contributed by atoms with van der Waals surface area (Å²) in [5.74, 6) is 1.01. The normalized spacial score (nSPS) is 17.8. The predicted molar refractivity (Wildman–Crippen MR) is 125 cm³/mol. The lowest BCUT2D eigenvalue weighted by Crippen LogP contribution is -2.28. The summed E-state index contributed by atoms with van der Waals surface area (Å²) in [4.78, 5) is 12.7. The maximum Gasteiger partial charge on any atom is 0.224 e. The number of hydrogen-bond donors (Lipinski definition) is 3. The van der Waals surface area contributed by atoms with E-state index >= 15 is 0 Å². The molecule has 2 heterocycles. The summed E-state index contributed by atoms with van der Waals surface area (Å²) in [5.41, 5.74) is 8.31. The van der Waals surface area contributed by atoms with E-state index in [-0.39, 0.29) is 11.9 Å². The molecule has 9 heteroatoms. The van der Waals surface area contributed by atoms with Crippen LogP contribution in [0.15, 0.2) is 55.4 Å². The van der Waals surface area contributed by atoms with Gasteiger partial charge in [0, 0.05) is 30.7 Å². The van der Waals surface area contributed by atoms with E-state index in [1.54, 1.807) is 29.4 Å². The number of nitrogens with zero attached hydrogens (tertiary/aromatic N) is 5. The first kappa shape index (κ1) is 22.3. The fraction of sp³-hybridized carbons (Fsp3) is 0.333. The summed E-state index contributed by atoms with van der Waals surface area (Å²) in [6, 6.07) is 7.53. The van der Waals surface area contributed by atoms with Crippen LogP contribution in [0.4, 0.5) is 16.2 Å². The molecule has 8 nitrogen and oxygen atoms in total. The minimum Gasteiger partial charge on any atom is -0.402 e. The molecule has 4 rings (SSSR count). The lowest BCUT2D eigenvalue weighted by atomic mass is 9.84. The first-order valence-electron chi connectivity index (χ1n) is 11.0. The quantitative estimate of drug-likeness (QED) is 0.482. The lowest BCUT2D eigenvalue weighted by Gasteiger charge is -2.29. The van der Waals surface area contributed by atoms with Crippen LogP contribution < -0.4 is 16.4 Å². The number of imidazole rings is 1. The minimum atomic E-state index is -0.306. The number of hydrogen-bond acceptors (Lipinski definition) is 7. The highest BCUT2D eigenvalue weighted by Crippen LogP contribution is 2.29. The standard InChI is InChI=1S/C24H27FN8/c1-16(27)18-3-5-20(6-4-18)31-23-19(13-26)14-30-24(32-23)29-9-8-17-2-7-22(21(25)12-17)33-11-10-28-15-33/h2,7,10-12,14-15,18,20H,1,3-6,8-9,27H2,(H2,29,30,31,32)/t18-,20+. The second-order valence-electron chi connectivity index (χ2n) is 8.27. The minimum absolute atomic E-state index is 0.229. The SMILES string of the molecule is C=C(N)[C@H]1CC[C@@H](Nc2nc(NCCc3ccc(-n4ccnc4)c(F)c3)ncc2C#N)CC1. The molecule has 0 unspecified atom stereocenters. The molecule has 33 heavy (non-hydrogen) atoms. The monoisotopic (exact) mass is 446 g/mol. The second kappa shape index (κ2) is 10.1. The maximum absolute atomic E-state index is 14.4. The van der Waals surface area contributed by atoms with E-state index in [1.165, 1.54) is 12.3 Å². The molecule has 1 aromatic carbocycles. The van der Waals surface area contributed by atoms with Crippen molar-refractivity contribution in [3.05, 3.63) is 72.3 Å². The van der Waals surface area contributed by atoms with Crippen LogP contribution in [0.5, 0.6) is 0 Å². The molecule has 0 bridgehead atoms. The van der Waals surface area contributed by atoms with E-state index < -0.39 is 0 Å². The van der Waals surface area contributed by atoms with E-state index in [2.05, 4.69) is 38.2 Å². The van der Waals surface area contributed by atoms with Gasteiger partial charge in [-0.05, 0) is 55.7 Å². The average molecular weight is 447 g/mol. The first-order chi connectivity index (χ1) is 16.0. The summed E-state index contributed by atoms with van der Waals surface area (Å²) in [6.45, 7) is 4.39. The molecule has 0 spiro atoms. The van der Waals surface area contributed by atoms with Crippen LogP contribution in [0, 0.1) is 23.1 Å². The highest BCUT2D eigenvalue weighted by Gasteiger charge is 2.23. The van der Waals surface area contributed by atoms with Crippen molar-refractivity contribution >= 4 is 11.8 Å². The van der Waals surface area contributed by atoms with E-state index in [9.17, 15) is 9.65 Å². The van der Waals surface area contributed by atoms with Crippen molar-refractivity contribution in [3.63, 3.8) is 0 Å². The Hall–Kier alpha value is -3.93. The van der Waals surface area contributed by atoms with Gasteiger partial charge < -0.3 is 20.9 Å². The van der Waals surface area contributed by atoms with Crippen LogP contribution >= 0.6 is 0 Å². The summed E-state index contributed by atoms with van der Waals surface area (Å²) < 4.78 is 16.1. The molecule has 3 aromatic rings. The van der Waals surface area contributed by atoms with Crippen LogP contribution in [0.1, 0.15) is 36.8 Å². The molecule has 170 valence electrons. The zero-order valence-corrected chi connectivity index (χ0v) is 18.3. The van der Waals surface area contributed by atoms with Crippen LogP contribution in [0.3, 0.4) is 0 Å². The third kappa shape index (κ3) is 5.47. The second-order valence-corrected chi connectivity index (χ2v) is 8.27. The van der Waals surface area contributed by atoms with Gasteiger partial charge in [-0.1, -0.05) is 12.6 Å². The highest BCUT2D eigenvalue weighted by molar-refractivity contribution is 5.54. The Kier molecular flexibility index (Phi) is 6.83. The third-order valence-electron chi connectivity index (χ3n) is 5.99. The van der Waals surface area contributed by atoms with Crippen LogP contribution in [0.25, 0.3) is 5.69 Å². The van der Waals surface area contributed by atoms with Crippen molar-refractivity contribution < 1.29 is 4.39 Å². The largest absolute Gasteiger partial charge is 0.402 e. The van der Waals surface area contributed by atoms with Crippen molar-refractivity contribution in [1.82, 2.24) is 19.5 Å². The maximum atomic E-state index is 14.4. The third-order valence-corrected chi connectivity index (χ3v) is 5.99. The number of nitrogens with one attached hydrogen (secondary N) is 2. The summed E-state index contributed by atoms with van der Waals surface area (Å²) in [5, 5.41) is 16.0. The molecule has 0 amide bonds. The van der Waals surface area contributed by atoms with Gasteiger partial charge in [-0.3, -0.25) is 0 Å². The molecule has 1 saturated carbocycles. The van der Waals surface area contributed by atoms with Gasteiger partial charge in [0.1, 0.15) is 23.3 Å². The average Bonchev–Trinajstić information content (AvgIpc) is 3.34. The van der Waals surface area contributed by atoms with Crippen LogP contribution in [-0.4, -0.2) is 32.1 Å². The molecule has 1 aliphatic carbocycles. The summed E-state index contributed by atoms with van der Waals surface area (Å²) >= 11 is 0. The number of anilines is 2. The zero-order chi connectivity index (χ0) is 23.2. The Balaban J connectivity index is 1.35. The van der Waals surface area contributed by atoms with E-state index in [0.29, 0.717) is 41.9 Å². The molecule has 4 N–H and O–H groups in total. The smallest absolute Gasteiger partial charge is 0.224 e. The number of nitrogens with two attached hydrogens (primary N) is 1. The van der Waals surface area contributed by atoms with Gasteiger partial charge in [0.25, 0.3) is 0 Å². The molecule has 0 aliphatic heterocycles. The predicted octanol–water partition coefficient (Wildman–Crippen LogP) is 3.77. The number of rotatable bonds is 8. The Labute approximate surface area is 192 Å². The molecule has 0 radical (unpaired) electrons. The van der Waals surface area contributed by atoms with Crippen molar-refractivity contribution in [2.75, 3.05) is 17.2 Å². The van der Waals surface area contributed by atoms with E-state index in [0.717, 1.165) is 36.9 Å². The van der Waals surface area contributed by atoms with Gasteiger partial charge in [0.05, 0.1) is 18.2 Å². The Morgan fingerprint density at radius 2 is 2.12 bits per heavy atom.